The van der Waals surface area contributed by atoms with Gasteiger partial charge in [0.15, 0.2) is 11.5 Å². The molecule has 1 aliphatic heterocycles. The number of amides is 1. The molecule has 0 unspecified atom stereocenters. The molecule has 0 aromatic heterocycles. The maximum atomic E-state index is 12.1. The molecule has 0 radical (unpaired) electrons. The van der Waals surface area contributed by atoms with E-state index in [9.17, 15) is 4.79 Å². The van der Waals surface area contributed by atoms with E-state index in [-0.39, 0.29) is 11.3 Å². The smallest absolute Gasteiger partial charge is 0.220 e. The Morgan fingerprint density at radius 1 is 1.33 bits per heavy atom. The van der Waals surface area contributed by atoms with E-state index in [1.807, 2.05) is 6.07 Å². The Hall–Kier alpha value is -1.97. The second-order valence-corrected chi connectivity index (χ2v) is 8.35. The van der Waals surface area contributed by atoms with Gasteiger partial charge in [-0.25, -0.2) is 0 Å². The third-order valence-electron chi connectivity index (χ3n) is 5.07. The average Bonchev–Trinajstić information content (AvgIpc) is 2.62. The zero-order valence-corrected chi connectivity index (χ0v) is 17.6. The van der Waals surface area contributed by atoms with Crippen LogP contribution in [-0.4, -0.2) is 19.6 Å². The number of carbonyl (C=O) groups is 1. The van der Waals surface area contributed by atoms with Crippen molar-refractivity contribution in [2.24, 2.45) is 5.92 Å². The number of hydrogen-bond donors (Lipinski definition) is 1. The molecule has 1 heterocycles. The van der Waals surface area contributed by atoms with Crippen molar-refractivity contribution in [1.82, 2.24) is 5.32 Å². The number of unbranched alkanes of at least 4 members (excludes halogenated alkanes) is 2. The van der Waals surface area contributed by atoms with Gasteiger partial charge in [-0.15, -0.1) is 0 Å². The van der Waals surface area contributed by atoms with Crippen molar-refractivity contribution < 1.29 is 14.3 Å². The van der Waals surface area contributed by atoms with Crippen molar-refractivity contribution >= 4 is 5.91 Å². The Balaban J connectivity index is 1.88. The van der Waals surface area contributed by atoms with Crippen LogP contribution in [0.3, 0.4) is 0 Å². The standard InChI is InChI=1S/C23H35NO3/c1-17(2)10-8-6-7-9-11-21(25)24-16-18-14-19-22(20(15-18)26-5)27-13-12-23(19,3)4/h8,10,14-15,17H,6-7,9,11-13,16H2,1-5H3,(H,24,25)/b10-8+. The first kappa shape index (κ1) is 21.3. The van der Waals surface area contributed by atoms with Crippen LogP contribution in [0, 0.1) is 5.92 Å². The Morgan fingerprint density at radius 3 is 2.81 bits per heavy atom. The fraction of sp³-hybridized carbons (Fsp3) is 0.609. The summed E-state index contributed by atoms with van der Waals surface area (Å²) in [5.41, 5.74) is 2.26. The van der Waals surface area contributed by atoms with Crippen molar-refractivity contribution in [3.8, 4) is 11.5 Å². The van der Waals surface area contributed by atoms with Gasteiger partial charge in [0.1, 0.15) is 0 Å². The van der Waals surface area contributed by atoms with E-state index in [1.54, 1.807) is 7.11 Å². The van der Waals surface area contributed by atoms with E-state index < -0.39 is 0 Å². The lowest BCUT2D eigenvalue weighted by Gasteiger charge is -2.33. The third-order valence-corrected chi connectivity index (χ3v) is 5.07. The van der Waals surface area contributed by atoms with Crippen LogP contribution in [0.5, 0.6) is 11.5 Å². The summed E-state index contributed by atoms with van der Waals surface area (Å²) in [6.07, 6.45) is 9.00. The van der Waals surface area contributed by atoms with Gasteiger partial charge >= 0.3 is 0 Å². The molecule has 0 saturated heterocycles. The van der Waals surface area contributed by atoms with Gasteiger partial charge in [-0.2, -0.15) is 0 Å². The molecule has 0 bridgehead atoms. The molecule has 4 nitrogen and oxygen atoms in total. The van der Waals surface area contributed by atoms with Gasteiger partial charge in [-0.1, -0.05) is 39.8 Å². The average molecular weight is 374 g/mol. The van der Waals surface area contributed by atoms with Crippen LogP contribution in [0.15, 0.2) is 24.3 Å². The normalized spacial score (nSPS) is 15.5. The SMILES string of the molecule is COc1cc(CNC(=O)CCCC/C=C/C(C)C)cc2c1OCCC2(C)C. The monoisotopic (exact) mass is 373 g/mol. The molecule has 0 fully saturated rings. The minimum atomic E-state index is 0.0460. The van der Waals surface area contributed by atoms with E-state index in [0.717, 1.165) is 48.3 Å². The summed E-state index contributed by atoms with van der Waals surface area (Å²) >= 11 is 0. The van der Waals surface area contributed by atoms with Gasteiger partial charge in [0.05, 0.1) is 13.7 Å². The zero-order chi connectivity index (χ0) is 19.9. The molecule has 1 aliphatic rings. The Bertz CT molecular complexity index is 662. The fourth-order valence-electron chi connectivity index (χ4n) is 3.31. The quantitative estimate of drug-likeness (QED) is 0.481. The summed E-state index contributed by atoms with van der Waals surface area (Å²) in [4.78, 5) is 12.1. The minimum Gasteiger partial charge on any atom is -0.493 e. The van der Waals surface area contributed by atoms with Crippen LogP contribution in [-0.2, 0) is 16.8 Å². The predicted octanol–water partition coefficient (Wildman–Crippen LogP) is 5.14. The number of carbonyl (C=O) groups excluding carboxylic acids is 1. The van der Waals surface area contributed by atoms with Gasteiger partial charge in [0.25, 0.3) is 0 Å². The van der Waals surface area contributed by atoms with Crippen molar-refractivity contribution in [3.63, 3.8) is 0 Å². The van der Waals surface area contributed by atoms with E-state index in [4.69, 9.17) is 9.47 Å². The van der Waals surface area contributed by atoms with Crippen molar-refractivity contribution in [3.05, 3.63) is 35.4 Å². The van der Waals surface area contributed by atoms with Crippen LogP contribution in [0.2, 0.25) is 0 Å². The highest BCUT2D eigenvalue weighted by Crippen LogP contribution is 2.44. The van der Waals surface area contributed by atoms with Crippen LogP contribution in [0.25, 0.3) is 0 Å². The lowest BCUT2D eigenvalue weighted by atomic mass is 9.79. The first-order chi connectivity index (χ1) is 12.8. The number of ether oxygens (including phenoxy) is 2. The number of benzene rings is 1. The molecule has 27 heavy (non-hydrogen) atoms. The van der Waals surface area contributed by atoms with Crippen LogP contribution in [0.1, 0.15) is 70.9 Å². The maximum absolute atomic E-state index is 12.1. The molecule has 1 amide bonds. The Labute approximate surface area is 164 Å². The van der Waals surface area contributed by atoms with Crippen LogP contribution < -0.4 is 14.8 Å². The molecule has 1 aromatic rings. The molecular formula is C23H35NO3. The van der Waals surface area contributed by atoms with Gasteiger partial charge in [0.2, 0.25) is 5.91 Å². The van der Waals surface area contributed by atoms with E-state index in [0.29, 0.717) is 25.5 Å². The number of rotatable bonds is 9. The molecular weight excluding hydrogens is 338 g/mol. The highest BCUT2D eigenvalue weighted by Gasteiger charge is 2.31. The summed E-state index contributed by atoms with van der Waals surface area (Å²) in [6, 6.07) is 4.12. The number of hydrogen-bond acceptors (Lipinski definition) is 3. The van der Waals surface area contributed by atoms with Gasteiger partial charge < -0.3 is 14.8 Å². The molecule has 150 valence electrons. The predicted molar refractivity (Wildman–Crippen MR) is 110 cm³/mol. The first-order valence-corrected chi connectivity index (χ1v) is 10.1. The minimum absolute atomic E-state index is 0.0460. The molecule has 0 aliphatic carbocycles. The molecule has 0 spiro atoms. The summed E-state index contributed by atoms with van der Waals surface area (Å²) in [5, 5.41) is 3.04. The molecule has 1 N–H and O–H groups in total. The van der Waals surface area contributed by atoms with Crippen LogP contribution in [0.4, 0.5) is 0 Å². The van der Waals surface area contributed by atoms with E-state index >= 15 is 0 Å². The first-order valence-electron chi connectivity index (χ1n) is 10.1. The van der Waals surface area contributed by atoms with Crippen molar-refractivity contribution in [1.29, 1.82) is 0 Å². The zero-order valence-electron chi connectivity index (χ0n) is 17.6. The topological polar surface area (TPSA) is 47.6 Å². The summed E-state index contributed by atoms with van der Waals surface area (Å²) in [7, 11) is 1.66. The van der Waals surface area contributed by atoms with Crippen LogP contribution >= 0.6 is 0 Å². The largest absolute Gasteiger partial charge is 0.493 e. The lowest BCUT2D eigenvalue weighted by molar-refractivity contribution is -0.121. The summed E-state index contributed by atoms with van der Waals surface area (Å²) < 4.78 is 11.4. The number of fused-ring (bicyclic) bond motifs is 1. The molecule has 1 aromatic carbocycles. The highest BCUT2D eigenvalue weighted by atomic mass is 16.5. The molecule has 0 saturated carbocycles. The highest BCUT2D eigenvalue weighted by molar-refractivity contribution is 5.75. The molecule has 0 atom stereocenters. The van der Waals surface area contributed by atoms with E-state index in [1.165, 1.54) is 0 Å². The summed E-state index contributed by atoms with van der Waals surface area (Å²) in [5.74, 6) is 2.30. The molecule has 2 rings (SSSR count). The van der Waals surface area contributed by atoms with Crippen molar-refractivity contribution in [2.45, 2.75) is 71.8 Å². The molecule has 4 heteroatoms. The fourth-order valence-corrected chi connectivity index (χ4v) is 3.31. The number of nitrogens with one attached hydrogen (secondary N) is 1. The van der Waals surface area contributed by atoms with Gasteiger partial charge in [-0.3, -0.25) is 4.79 Å². The van der Waals surface area contributed by atoms with Gasteiger partial charge in [-0.05, 0) is 54.7 Å². The number of allylic oxidation sites excluding steroid dienone is 2. The van der Waals surface area contributed by atoms with Gasteiger partial charge in [0, 0.05) is 18.5 Å². The van der Waals surface area contributed by atoms with Crippen molar-refractivity contribution in [2.75, 3.05) is 13.7 Å². The third kappa shape index (κ3) is 6.30. The second-order valence-electron chi connectivity index (χ2n) is 8.35. The lowest BCUT2D eigenvalue weighted by Crippen LogP contribution is -2.28. The Kier molecular flexibility index (Phi) is 7.76. The maximum Gasteiger partial charge on any atom is 0.220 e. The number of methoxy groups -OCH3 is 1. The Morgan fingerprint density at radius 2 is 2.11 bits per heavy atom. The summed E-state index contributed by atoms with van der Waals surface area (Å²) in [6.45, 7) is 10.0. The second kappa shape index (κ2) is 9.82. The van der Waals surface area contributed by atoms with E-state index in [2.05, 4.69) is 51.2 Å².